The molecule has 2 aliphatic rings. The summed E-state index contributed by atoms with van der Waals surface area (Å²) in [5, 5.41) is 2.97. The predicted octanol–water partition coefficient (Wildman–Crippen LogP) is 6.55. The van der Waals surface area contributed by atoms with Gasteiger partial charge in [0.15, 0.2) is 16.6 Å². The van der Waals surface area contributed by atoms with E-state index in [9.17, 15) is 4.79 Å². The van der Waals surface area contributed by atoms with Gasteiger partial charge in [-0.15, -0.1) is 0 Å². The fourth-order valence-corrected chi connectivity index (χ4v) is 5.50. The molecule has 1 heterocycles. The molecule has 0 unspecified atom stereocenters. The van der Waals surface area contributed by atoms with Crippen molar-refractivity contribution in [3.63, 3.8) is 0 Å². The predicted molar refractivity (Wildman–Crippen MR) is 148 cm³/mol. The fourth-order valence-electron chi connectivity index (χ4n) is 5.17. The van der Waals surface area contributed by atoms with Crippen LogP contribution in [0.15, 0.2) is 66.4 Å². The van der Waals surface area contributed by atoms with Crippen LogP contribution in [0.25, 0.3) is 16.8 Å². The van der Waals surface area contributed by atoms with Gasteiger partial charge in [0.2, 0.25) is 0 Å². The number of nitrogens with zero attached hydrogens (tertiary/aromatic N) is 2. The van der Waals surface area contributed by atoms with E-state index in [0.717, 1.165) is 36.8 Å². The number of amides is 1. The van der Waals surface area contributed by atoms with Crippen molar-refractivity contribution in [3.05, 3.63) is 77.5 Å². The molecular formula is C30H32N2O3S. The van der Waals surface area contributed by atoms with Gasteiger partial charge in [-0.2, -0.15) is 0 Å². The molecule has 0 bridgehead atoms. The van der Waals surface area contributed by atoms with Crippen molar-refractivity contribution in [2.24, 2.45) is 0 Å². The Bertz CT molecular complexity index is 1310. The SMILES string of the molecule is CCOc1cc(/C=C2/C(=O)N(C3CCCCC3)C(=S)N2C)ccc1OCc1cccc2ccccc12. The van der Waals surface area contributed by atoms with E-state index in [0.29, 0.717) is 35.5 Å². The molecule has 5 rings (SSSR count). The lowest BCUT2D eigenvalue weighted by Gasteiger charge is -2.30. The molecule has 3 aromatic rings. The van der Waals surface area contributed by atoms with E-state index in [1.807, 2.05) is 60.2 Å². The van der Waals surface area contributed by atoms with Crippen LogP contribution in [0.1, 0.15) is 50.2 Å². The first-order valence-corrected chi connectivity index (χ1v) is 13.2. The molecule has 0 radical (unpaired) electrons. The number of benzene rings is 3. The molecule has 0 N–H and O–H groups in total. The summed E-state index contributed by atoms with van der Waals surface area (Å²) in [4.78, 5) is 17.0. The molecular weight excluding hydrogens is 468 g/mol. The number of hydrogen-bond donors (Lipinski definition) is 0. The lowest BCUT2D eigenvalue weighted by Crippen LogP contribution is -2.41. The Kier molecular flexibility index (Phi) is 7.23. The van der Waals surface area contributed by atoms with Gasteiger partial charge in [-0.05, 0) is 72.1 Å². The van der Waals surface area contributed by atoms with Crippen LogP contribution in [0, 0.1) is 0 Å². The first-order valence-electron chi connectivity index (χ1n) is 12.8. The second-order valence-corrected chi connectivity index (χ2v) is 9.77. The monoisotopic (exact) mass is 500 g/mol. The highest BCUT2D eigenvalue weighted by Crippen LogP contribution is 2.34. The second-order valence-electron chi connectivity index (χ2n) is 9.40. The molecule has 5 nitrogen and oxygen atoms in total. The van der Waals surface area contributed by atoms with Crippen LogP contribution in [0.2, 0.25) is 0 Å². The summed E-state index contributed by atoms with van der Waals surface area (Å²) in [5.41, 5.74) is 2.59. The Morgan fingerprint density at radius 2 is 1.75 bits per heavy atom. The van der Waals surface area contributed by atoms with E-state index in [-0.39, 0.29) is 11.9 Å². The van der Waals surface area contributed by atoms with Crippen molar-refractivity contribution in [1.82, 2.24) is 9.80 Å². The topological polar surface area (TPSA) is 42.0 Å². The zero-order valence-electron chi connectivity index (χ0n) is 20.9. The largest absolute Gasteiger partial charge is 0.490 e. The van der Waals surface area contributed by atoms with Crippen molar-refractivity contribution < 1.29 is 14.3 Å². The molecule has 1 saturated heterocycles. The third-order valence-corrected chi connectivity index (χ3v) is 7.54. The van der Waals surface area contributed by atoms with Crippen LogP contribution in [-0.2, 0) is 11.4 Å². The van der Waals surface area contributed by atoms with E-state index in [2.05, 4.69) is 30.3 Å². The summed E-state index contributed by atoms with van der Waals surface area (Å²) >= 11 is 5.66. The lowest BCUT2D eigenvalue weighted by atomic mass is 9.94. The van der Waals surface area contributed by atoms with Crippen LogP contribution in [0.3, 0.4) is 0 Å². The Morgan fingerprint density at radius 3 is 2.56 bits per heavy atom. The van der Waals surface area contributed by atoms with Crippen molar-refractivity contribution >= 4 is 40.1 Å². The summed E-state index contributed by atoms with van der Waals surface area (Å²) < 4.78 is 12.1. The highest BCUT2D eigenvalue weighted by molar-refractivity contribution is 7.80. The third kappa shape index (κ3) is 4.82. The quantitative estimate of drug-likeness (QED) is 0.272. The summed E-state index contributed by atoms with van der Waals surface area (Å²) in [7, 11) is 1.88. The summed E-state index contributed by atoms with van der Waals surface area (Å²) in [6, 6.07) is 20.6. The minimum atomic E-state index is -0.0105. The van der Waals surface area contributed by atoms with E-state index in [1.54, 1.807) is 0 Å². The molecule has 2 fully saturated rings. The van der Waals surface area contributed by atoms with Crippen molar-refractivity contribution in [2.75, 3.05) is 13.7 Å². The average Bonchev–Trinajstić information content (AvgIpc) is 3.11. The van der Waals surface area contributed by atoms with E-state index < -0.39 is 0 Å². The van der Waals surface area contributed by atoms with Crippen molar-refractivity contribution in [2.45, 2.75) is 51.7 Å². The molecule has 1 aliphatic carbocycles. The first-order chi connectivity index (χ1) is 17.6. The molecule has 36 heavy (non-hydrogen) atoms. The molecule has 0 aromatic heterocycles. The summed E-state index contributed by atoms with van der Waals surface area (Å²) in [6.07, 6.45) is 7.47. The smallest absolute Gasteiger partial charge is 0.277 e. The van der Waals surface area contributed by atoms with E-state index in [4.69, 9.17) is 21.7 Å². The summed E-state index contributed by atoms with van der Waals surface area (Å²) in [6.45, 7) is 2.91. The van der Waals surface area contributed by atoms with Gasteiger partial charge < -0.3 is 14.4 Å². The molecule has 0 atom stereocenters. The van der Waals surface area contributed by atoms with Gasteiger partial charge in [0, 0.05) is 13.1 Å². The van der Waals surface area contributed by atoms with Gasteiger partial charge in [-0.1, -0.05) is 67.8 Å². The maximum atomic E-state index is 13.3. The maximum absolute atomic E-state index is 13.3. The van der Waals surface area contributed by atoms with Gasteiger partial charge >= 0.3 is 0 Å². The number of fused-ring (bicyclic) bond motifs is 1. The van der Waals surface area contributed by atoms with Crippen LogP contribution >= 0.6 is 12.2 Å². The molecule has 186 valence electrons. The van der Waals surface area contributed by atoms with Crippen molar-refractivity contribution in [1.29, 1.82) is 0 Å². The zero-order valence-corrected chi connectivity index (χ0v) is 21.7. The first kappa shape index (κ1) is 24.3. The lowest BCUT2D eigenvalue weighted by molar-refractivity contribution is -0.124. The van der Waals surface area contributed by atoms with E-state index in [1.165, 1.54) is 17.2 Å². The molecule has 1 amide bonds. The highest BCUT2D eigenvalue weighted by Gasteiger charge is 2.40. The maximum Gasteiger partial charge on any atom is 0.277 e. The Hall–Kier alpha value is -3.38. The number of thiocarbonyl (C=S) groups is 1. The van der Waals surface area contributed by atoms with Gasteiger partial charge in [-0.25, -0.2) is 0 Å². The minimum Gasteiger partial charge on any atom is -0.490 e. The molecule has 6 heteroatoms. The standard InChI is InChI=1S/C30H32N2O3S/c1-3-34-28-19-21(18-26-29(33)32(30(36)31(26)2)24-13-5-4-6-14-24)16-17-27(28)35-20-23-12-9-11-22-10-7-8-15-25(22)23/h7-12,15-19,24H,3-6,13-14,20H2,1-2H3/b26-18-. The molecule has 1 saturated carbocycles. The minimum absolute atomic E-state index is 0.0105. The molecule has 3 aromatic carbocycles. The summed E-state index contributed by atoms with van der Waals surface area (Å²) in [5.74, 6) is 1.33. The van der Waals surface area contributed by atoms with Gasteiger partial charge in [0.05, 0.1) is 6.61 Å². The highest BCUT2D eigenvalue weighted by atomic mass is 32.1. The van der Waals surface area contributed by atoms with Gasteiger partial charge in [-0.3, -0.25) is 9.69 Å². The second kappa shape index (κ2) is 10.7. The Morgan fingerprint density at radius 1 is 0.972 bits per heavy atom. The number of ether oxygens (including phenoxy) is 2. The number of carbonyl (C=O) groups excluding carboxylic acids is 1. The third-order valence-electron chi connectivity index (χ3n) is 7.07. The van der Waals surface area contributed by atoms with Gasteiger partial charge in [0.25, 0.3) is 5.91 Å². The molecule has 1 aliphatic heterocycles. The normalized spacial score (nSPS) is 17.9. The number of carbonyl (C=O) groups is 1. The van der Waals surface area contributed by atoms with Crippen LogP contribution < -0.4 is 9.47 Å². The van der Waals surface area contributed by atoms with Crippen molar-refractivity contribution in [3.8, 4) is 11.5 Å². The average molecular weight is 501 g/mol. The molecule has 0 spiro atoms. The number of likely N-dealkylation sites (N-methyl/N-ethyl adjacent to an activating group) is 1. The Balaban J connectivity index is 1.38. The van der Waals surface area contributed by atoms with E-state index >= 15 is 0 Å². The number of hydrogen-bond acceptors (Lipinski definition) is 4. The van der Waals surface area contributed by atoms with Crippen LogP contribution in [0.4, 0.5) is 0 Å². The fraction of sp³-hybridized carbons (Fsp3) is 0.333. The Labute approximate surface area is 218 Å². The number of rotatable bonds is 7. The zero-order chi connectivity index (χ0) is 25.1. The van der Waals surface area contributed by atoms with Gasteiger partial charge in [0.1, 0.15) is 12.3 Å². The van der Waals surface area contributed by atoms with Crippen LogP contribution in [0.5, 0.6) is 11.5 Å². The van der Waals surface area contributed by atoms with Crippen LogP contribution in [-0.4, -0.2) is 40.5 Å².